The van der Waals surface area contributed by atoms with E-state index in [9.17, 15) is 0 Å². The lowest BCUT2D eigenvalue weighted by molar-refractivity contribution is 0.657. The van der Waals surface area contributed by atoms with Crippen molar-refractivity contribution in [2.45, 2.75) is 12.3 Å². The smallest absolute Gasteiger partial charge is 0.146 e. The lowest BCUT2D eigenvalue weighted by atomic mass is 10.2. The third kappa shape index (κ3) is 2.36. The molecule has 0 bridgehead atoms. The van der Waals surface area contributed by atoms with E-state index in [1.807, 2.05) is 24.5 Å². The molecule has 2 rings (SSSR count). The molecule has 0 aliphatic heterocycles. The van der Waals surface area contributed by atoms with Gasteiger partial charge in [0.1, 0.15) is 11.5 Å². The van der Waals surface area contributed by atoms with Crippen LogP contribution in [-0.4, -0.2) is 21.2 Å². The Morgan fingerprint density at radius 1 is 1.31 bits per heavy atom. The quantitative estimate of drug-likeness (QED) is 0.876. The maximum Gasteiger partial charge on any atom is 0.146 e. The molecule has 0 saturated carbocycles. The molecule has 0 aliphatic rings. The van der Waals surface area contributed by atoms with E-state index in [0.29, 0.717) is 12.4 Å². The topological polar surface area (TPSA) is 56.7 Å². The first-order valence-electron chi connectivity index (χ1n) is 5.02. The van der Waals surface area contributed by atoms with Crippen LogP contribution in [0.5, 0.6) is 0 Å². The van der Waals surface area contributed by atoms with Gasteiger partial charge in [-0.15, -0.1) is 5.10 Å². The summed E-state index contributed by atoms with van der Waals surface area (Å²) in [7, 11) is 0. The number of thioether (sulfide) groups is 1. The Morgan fingerprint density at radius 2 is 2.06 bits per heavy atom. The third-order valence-electron chi connectivity index (χ3n) is 2.30. The number of benzene rings is 1. The molecule has 0 atom stereocenters. The minimum atomic E-state index is 0.665. The number of aromatic nitrogens is 3. The first-order valence-corrected chi connectivity index (χ1v) is 6.41. The van der Waals surface area contributed by atoms with Crippen LogP contribution in [0.15, 0.2) is 30.3 Å². The van der Waals surface area contributed by atoms with Gasteiger partial charge in [-0.25, -0.2) is 4.68 Å². The zero-order chi connectivity index (χ0) is 11.4. The van der Waals surface area contributed by atoms with Gasteiger partial charge in [0.25, 0.3) is 0 Å². The van der Waals surface area contributed by atoms with Gasteiger partial charge in [-0.05, 0) is 11.8 Å². The largest absolute Gasteiger partial charge is 0.382 e. The van der Waals surface area contributed by atoms with E-state index in [4.69, 9.17) is 5.73 Å². The molecule has 2 N–H and O–H groups in total. The van der Waals surface area contributed by atoms with Crippen molar-refractivity contribution in [1.29, 1.82) is 0 Å². The zero-order valence-corrected chi connectivity index (χ0v) is 9.94. The van der Waals surface area contributed by atoms with E-state index < -0.39 is 0 Å². The van der Waals surface area contributed by atoms with Gasteiger partial charge in [0.05, 0.1) is 6.54 Å². The van der Waals surface area contributed by atoms with E-state index in [1.54, 1.807) is 16.4 Å². The van der Waals surface area contributed by atoms with Gasteiger partial charge < -0.3 is 5.73 Å². The molecule has 1 aromatic carbocycles. The molecule has 5 heteroatoms. The molecule has 0 spiro atoms. The summed E-state index contributed by atoms with van der Waals surface area (Å²) >= 11 is 1.69. The van der Waals surface area contributed by atoms with E-state index in [0.717, 1.165) is 11.4 Å². The predicted molar refractivity (Wildman–Crippen MR) is 67.2 cm³/mol. The van der Waals surface area contributed by atoms with Gasteiger partial charge in [-0.3, -0.25) is 0 Å². The molecule has 0 saturated heterocycles. The predicted octanol–water partition coefficient (Wildman–Crippen LogP) is 1.77. The average molecular weight is 234 g/mol. The van der Waals surface area contributed by atoms with Gasteiger partial charge in [0, 0.05) is 5.75 Å². The second kappa shape index (κ2) is 5.03. The van der Waals surface area contributed by atoms with Crippen LogP contribution in [0, 0.1) is 0 Å². The monoisotopic (exact) mass is 234 g/mol. The Labute approximate surface area is 98.8 Å². The lowest BCUT2D eigenvalue weighted by Gasteiger charge is -2.03. The van der Waals surface area contributed by atoms with E-state index in [2.05, 4.69) is 22.4 Å². The Hall–Kier alpha value is -1.49. The molecule has 0 radical (unpaired) electrons. The normalized spacial score (nSPS) is 10.6. The Bertz CT molecular complexity index is 452. The van der Waals surface area contributed by atoms with Crippen LogP contribution < -0.4 is 5.73 Å². The molecule has 0 aliphatic carbocycles. The van der Waals surface area contributed by atoms with Gasteiger partial charge in [-0.2, -0.15) is 11.8 Å². The number of nitrogen functional groups attached to an aromatic ring is 1. The van der Waals surface area contributed by atoms with Gasteiger partial charge in [-0.1, -0.05) is 35.5 Å². The molecule has 0 amide bonds. The molecular formula is C11H14N4S. The fourth-order valence-electron chi connectivity index (χ4n) is 1.47. The van der Waals surface area contributed by atoms with Crippen molar-refractivity contribution in [3.63, 3.8) is 0 Å². The summed E-state index contributed by atoms with van der Waals surface area (Å²) in [5, 5.41) is 8.13. The van der Waals surface area contributed by atoms with Crippen molar-refractivity contribution >= 4 is 17.6 Å². The standard InChI is InChI=1S/C11H14N4S/c1-16-8-10-11(12)15(14-13-10)7-9-5-3-2-4-6-9/h2-6H,7-8,12H2,1H3. The highest BCUT2D eigenvalue weighted by Gasteiger charge is 2.08. The van der Waals surface area contributed by atoms with Gasteiger partial charge in [0.2, 0.25) is 0 Å². The van der Waals surface area contributed by atoms with Crippen molar-refractivity contribution in [3.05, 3.63) is 41.6 Å². The Balaban J connectivity index is 2.16. The summed E-state index contributed by atoms with van der Waals surface area (Å²) in [6.45, 7) is 0.675. The number of rotatable bonds is 4. The van der Waals surface area contributed by atoms with Crippen molar-refractivity contribution in [2.24, 2.45) is 0 Å². The fourth-order valence-corrected chi connectivity index (χ4v) is 1.95. The van der Waals surface area contributed by atoms with E-state index in [1.165, 1.54) is 5.56 Å². The van der Waals surface area contributed by atoms with Crippen LogP contribution in [0.3, 0.4) is 0 Å². The highest BCUT2D eigenvalue weighted by atomic mass is 32.2. The van der Waals surface area contributed by atoms with Crippen LogP contribution in [0.1, 0.15) is 11.3 Å². The van der Waals surface area contributed by atoms with Gasteiger partial charge in [0.15, 0.2) is 0 Å². The molecule has 1 aromatic heterocycles. The van der Waals surface area contributed by atoms with Crippen LogP contribution >= 0.6 is 11.8 Å². The van der Waals surface area contributed by atoms with Crippen LogP contribution in [0.25, 0.3) is 0 Å². The highest BCUT2D eigenvalue weighted by molar-refractivity contribution is 7.97. The van der Waals surface area contributed by atoms with E-state index in [-0.39, 0.29) is 0 Å². The van der Waals surface area contributed by atoms with Crippen molar-refractivity contribution in [1.82, 2.24) is 15.0 Å². The number of anilines is 1. The summed E-state index contributed by atoms with van der Waals surface area (Å²) in [4.78, 5) is 0. The minimum absolute atomic E-state index is 0.665. The zero-order valence-electron chi connectivity index (χ0n) is 9.13. The van der Waals surface area contributed by atoms with Crippen molar-refractivity contribution in [3.8, 4) is 0 Å². The van der Waals surface area contributed by atoms with Crippen LogP contribution in [0.2, 0.25) is 0 Å². The summed E-state index contributed by atoms with van der Waals surface area (Å²) in [6, 6.07) is 10.1. The average Bonchev–Trinajstić information content (AvgIpc) is 2.64. The lowest BCUT2D eigenvalue weighted by Crippen LogP contribution is -2.06. The molecule has 0 fully saturated rings. The fraction of sp³-hybridized carbons (Fsp3) is 0.273. The summed E-state index contributed by atoms with van der Waals surface area (Å²) in [5.41, 5.74) is 8.00. The van der Waals surface area contributed by atoms with Crippen molar-refractivity contribution < 1.29 is 0 Å². The molecule has 0 unspecified atom stereocenters. The molecule has 84 valence electrons. The maximum absolute atomic E-state index is 5.96. The molecule has 16 heavy (non-hydrogen) atoms. The molecular weight excluding hydrogens is 220 g/mol. The summed E-state index contributed by atoms with van der Waals surface area (Å²) in [5.74, 6) is 1.47. The van der Waals surface area contributed by atoms with E-state index >= 15 is 0 Å². The highest BCUT2D eigenvalue weighted by Crippen LogP contribution is 2.14. The number of nitrogens with zero attached hydrogens (tertiary/aromatic N) is 3. The third-order valence-corrected chi connectivity index (χ3v) is 2.87. The molecule has 1 heterocycles. The summed E-state index contributed by atoms with van der Waals surface area (Å²) < 4.78 is 1.74. The second-order valence-corrected chi connectivity index (χ2v) is 4.36. The minimum Gasteiger partial charge on any atom is -0.382 e. The van der Waals surface area contributed by atoms with Crippen molar-refractivity contribution in [2.75, 3.05) is 12.0 Å². The first kappa shape index (κ1) is 11.0. The van der Waals surface area contributed by atoms with Crippen LogP contribution in [0.4, 0.5) is 5.82 Å². The Kier molecular flexibility index (Phi) is 3.46. The van der Waals surface area contributed by atoms with Gasteiger partial charge >= 0.3 is 0 Å². The number of hydrogen-bond donors (Lipinski definition) is 1. The SMILES string of the molecule is CSCc1nnn(Cc2ccccc2)c1N. The second-order valence-electron chi connectivity index (χ2n) is 3.50. The number of hydrogen-bond acceptors (Lipinski definition) is 4. The van der Waals surface area contributed by atoms with Crippen LogP contribution in [-0.2, 0) is 12.3 Å². The molecule has 2 aromatic rings. The number of nitrogens with two attached hydrogens (primary N) is 1. The Morgan fingerprint density at radius 3 is 2.75 bits per heavy atom. The summed E-state index contributed by atoms with van der Waals surface area (Å²) in [6.07, 6.45) is 2.02. The molecule has 4 nitrogen and oxygen atoms in total. The first-order chi connectivity index (χ1) is 7.81. The maximum atomic E-state index is 5.96.